The molecule has 2 rings (SSSR count). The maximum atomic E-state index is 11.7. The van der Waals surface area contributed by atoms with Gasteiger partial charge in [-0.05, 0) is 40.2 Å². The first kappa shape index (κ1) is 11.6. The Kier molecular flexibility index (Phi) is 3.58. The zero-order valence-corrected chi connectivity index (χ0v) is 11.1. The number of aromatic nitrogens is 1. The minimum Gasteiger partial charge on any atom is -0.306 e. The van der Waals surface area contributed by atoms with Crippen molar-refractivity contribution in [2.45, 2.75) is 0 Å². The number of nitrogens with one attached hydrogen (secondary N) is 1. The normalized spacial score (nSPS) is 10.1. The van der Waals surface area contributed by atoms with Crippen molar-refractivity contribution in [3.63, 3.8) is 0 Å². The standard InChI is InChI=1S/C10H6BrClN2OS/c11-7-5-4-6(16-7)10(15)14-9-3-1-2-8(12)13-9/h1-5H,(H,13,14,15). The molecule has 0 fully saturated rings. The summed E-state index contributed by atoms with van der Waals surface area (Å²) in [6, 6.07) is 8.64. The third-order valence-electron chi connectivity index (χ3n) is 1.75. The highest BCUT2D eigenvalue weighted by atomic mass is 79.9. The third kappa shape index (κ3) is 2.81. The lowest BCUT2D eigenvalue weighted by Gasteiger charge is -2.01. The molecule has 1 amide bonds. The number of amides is 1. The molecule has 82 valence electrons. The molecule has 0 radical (unpaired) electrons. The van der Waals surface area contributed by atoms with Crippen LogP contribution in [0.1, 0.15) is 9.67 Å². The van der Waals surface area contributed by atoms with E-state index in [1.165, 1.54) is 11.3 Å². The average Bonchev–Trinajstić information content (AvgIpc) is 2.65. The third-order valence-corrected chi connectivity index (χ3v) is 3.59. The van der Waals surface area contributed by atoms with Crippen molar-refractivity contribution in [2.24, 2.45) is 0 Å². The van der Waals surface area contributed by atoms with Gasteiger partial charge < -0.3 is 5.32 Å². The Balaban J connectivity index is 2.13. The molecular weight excluding hydrogens is 312 g/mol. The molecular formula is C10H6BrClN2OS. The van der Waals surface area contributed by atoms with Crippen LogP contribution in [0.2, 0.25) is 5.15 Å². The number of halogens is 2. The van der Waals surface area contributed by atoms with Crippen LogP contribution in [0.3, 0.4) is 0 Å². The minimum absolute atomic E-state index is 0.189. The summed E-state index contributed by atoms with van der Waals surface area (Å²) in [4.78, 5) is 16.3. The van der Waals surface area contributed by atoms with Crippen LogP contribution < -0.4 is 5.32 Å². The fourth-order valence-electron chi connectivity index (χ4n) is 1.09. The van der Waals surface area contributed by atoms with E-state index in [9.17, 15) is 4.79 Å². The van der Waals surface area contributed by atoms with E-state index in [2.05, 4.69) is 26.2 Å². The summed E-state index contributed by atoms with van der Waals surface area (Å²) in [5.74, 6) is 0.257. The zero-order chi connectivity index (χ0) is 11.5. The summed E-state index contributed by atoms with van der Waals surface area (Å²) in [6.07, 6.45) is 0. The molecule has 0 spiro atoms. The number of thiophene rings is 1. The lowest BCUT2D eigenvalue weighted by molar-refractivity contribution is 0.103. The van der Waals surface area contributed by atoms with Crippen molar-refractivity contribution in [1.29, 1.82) is 0 Å². The molecule has 1 N–H and O–H groups in total. The Bertz CT molecular complexity index is 529. The highest BCUT2D eigenvalue weighted by Crippen LogP contribution is 2.22. The quantitative estimate of drug-likeness (QED) is 0.856. The van der Waals surface area contributed by atoms with E-state index in [-0.39, 0.29) is 5.91 Å². The lowest BCUT2D eigenvalue weighted by Crippen LogP contribution is -2.11. The Labute approximate surface area is 110 Å². The van der Waals surface area contributed by atoms with Gasteiger partial charge >= 0.3 is 0 Å². The predicted octanol–water partition coefficient (Wildman–Crippen LogP) is 3.81. The van der Waals surface area contributed by atoms with Gasteiger partial charge in [0.2, 0.25) is 0 Å². The van der Waals surface area contributed by atoms with E-state index < -0.39 is 0 Å². The molecule has 0 unspecified atom stereocenters. The van der Waals surface area contributed by atoms with Gasteiger partial charge in [-0.25, -0.2) is 4.98 Å². The second kappa shape index (κ2) is 4.95. The molecule has 0 saturated carbocycles. The molecule has 0 atom stereocenters. The second-order valence-electron chi connectivity index (χ2n) is 2.90. The van der Waals surface area contributed by atoms with Crippen LogP contribution >= 0.6 is 38.9 Å². The predicted molar refractivity (Wildman–Crippen MR) is 69.2 cm³/mol. The summed E-state index contributed by atoms with van der Waals surface area (Å²) in [5, 5.41) is 3.02. The van der Waals surface area contributed by atoms with Gasteiger partial charge in [-0.3, -0.25) is 4.79 Å². The zero-order valence-electron chi connectivity index (χ0n) is 7.91. The van der Waals surface area contributed by atoms with E-state index >= 15 is 0 Å². The summed E-state index contributed by atoms with van der Waals surface area (Å²) >= 11 is 10.4. The second-order valence-corrected chi connectivity index (χ2v) is 5.75. The number of hydrogen-bond acceptors (Lipinski definition) is 3. The molecule has 3 nitrogen and oxygen atoms in total. The summed E-state index contributed by atoms with van der Waals surface area (Å²) in [5.41, 5.74) is 0. The topological polar surface area (TPSA) is 42.0 Å². The van der Waals surface area contributed by atoms with Crippen LogP contribution in [0.25, 0.3) is 0 Å². The average molecular weight is 318 g/mol. The van der Waals surface area contributed by atoms with E-state index in [1.54, 1.807) is 24.3 Å². The van der Waals surface area contributed by atoms with Crippen LogP contribution in [0.5, 0.6) is 0 Å². The number of rotatable bonds is 2. The van der Waals surface area contributed by atoms with Crippen LogP contribution in [0.15, 0.2) is 34.1 Å². The first-order chi connectivity index (χ1) is 7.65. The molecule has 0 saturated heterocycles. The largest absolute Gasteiger partial charge is 0.306 e. The fourth-order valence-corrected chi connectivity index (χ4v) is 2.54. The fraction of sp³-hybridized carbons (Fsp3) is 0. The van der Waals surface area contributed by atoms with Gasteiger partial charge in [0.25, 0.3) is 5.91 Å². The first-order valence-electron chi connectivity index (χ1n) is 4.34. The molecule has 0 aliphatic heterocycles. The molecule has 2 aromatic rings. The lowest BCUT2D eigenvalue weighted by atomic mass is 10.4. The number of carbonyl (C=O) groups excluding carboxylic acids is 1. The van der Waals surface area contributed by atoms with Gasteiger partial charge in [-0.15, -0.1) is 11.3 Å². The molecule has 0 aliphatic carbocycles. The molecule has 16 heavy (non-hydrogen) atoms. The number of nitrogens with zero attached hydrogens (tertiary/aromatic N) is 1. The number of anilines is 1. The number of carbonyl (C=O) groups is 1. The van der Waals surface area contributed by atoms with E-state index in [0.29, 0.717) is 15.8 Å². The first-order valence-corrected chi connectivity index (χ1v) is 6.33. The van der Waals surface area contributed by atoms with Crippen LogP contribution in [-0.4, -0.2) is 10.9 Å². The van der Waals surface area contributed by atoms with Crippen LogP contribution in [0.4, 0.5) is 5.82 Å². The highest BCUT2D eigenvalue weighted by molar-refractivity contribution is 9.11. The van der Waals surface area contributed by atoms with Crippen molar-refractivity contribution >= 4 is 50.6 Å². The number of pyridine rings is 1. The Morgan fingerprint density at radius 2 is 2.19 bits per heavy atom. The van der Waals surface area contributed by atoms with Crippen LogP contribution in [0, 0.1) is 0 Å². The monoisotopic (exact) mass is 316 g/mol. The van der Waals surface area contributed by atoms with E-state index in [4.69, 9.17) is 11.6 Å². The maximum absolute atomic E-state index is 11.7. The highest BCUT2D eigenvalue weighted by Gasteiger charge is 2.09. The molecule has 2 heterocycles. The van der Waals surface area contributed by atoms with Crippen molar-refractivity contribution in [1.82, 2.24) is 4.98 Å². The van der Waals surface area contributed by atoms with Gasteiger partial charge in [0.05, 0.1) is 8.66 Å². The van der Waals surface area contributed by atoms with Crippen molar-refractivity contribution in [3.05, 3.63) is 44.1 Å². The Hall–Kier alpha value is -0.910. The molecule has 0 aromatic carbocycles. The summed E-state index contributed by atoms with van der Waals surface area (Å²) in [6.45, 7) is 0. The van der Waals surface area contributed by atoms with Gasteiger partial charge in [-0.2, -0.15) is 0 Å². The Morgan fingerprint density at radius 3 is 2.81 bits per heavy atom. The SMILES string of the molecule is O=C(Nc1cccc(Cl)n1)c1ccc(Br)s1. The molecule has 0 bridgehead atoms. The van der Waals surface area contributed by atoms with Gasteiger partial charge in [-0.1, -0.05) is 17.7 Å². The van der Waals surface area contributed by atoms with Gasteiger partial charge in [0.1, 0.15) is 11.0 Å². The van der Waals surface area contributed by atoms with E-state index in [0.717, 1.165) is 3.79 Å². The molecule has 0 aliphatic rings. The van der Waals surface area contributed by atoms with Crippen LogP contribution in [-0.2, 0) is 0 Å². The summed E-state index contributed by atoms with van der Waals surface area (Å²) in [7, 11) is 0. The Morgan fingerprint density at radius 1 is 1.38 bits per heavy atom. The minimum atomic E-state index is -0.189. The number of hydrogen-bond donors (Lipinski definition) is 1. The van der Waals surface area contributed by atoms with Gasteiger partial charge in [0.15, 0.2) is 0 Å². The maximum Gasteiger partial charge on any atom is 0.266 e. The molecule has 2 aromatic heterocycles. The smallest absolute Gasteiger partial charge is 0.266 e. The van der Waals surface area contributed by atoms with Crippen molar-refractivity contribution < 1.29 is 4.79 Å². The van der Waals surface area contributed by atoms with Crippen molar-refractivity contribution in [2.75, 3.05) is 5.32 Å². The summed E-state index contributed by atoms with van der Waals surface area (Å²) < 4.78 is 0.914. The van der Waals surface area contributed by atoms with Gasteiger partial charge in [0, 0.05) is 0 Å². The van der Waals surface area contributed by atoms with Crippen molar-refractivity contribution in [3.8, 4) is 0 Å². The molecule has 6 heteroatoms. The van der Waals surface area contributed by atoms with E-state index in [1.807, 2.05) is 6.07 Å².